The average molecular weight is 160 g/mol. The molecule has 0 nitrogen and oxygen atoms in total. The van der Waals surface area contributed by atoms with Gasteiger partial charge < -0.3 is 0 Å². The standard InChI is InChI=1S/C12H16/c1-4-5-6-12-9-10(2)7-8-11(12)3/h5-9H,4H2,1-3H3/b6-5-. The number of allylic oxidation sites excluding steroid dienone is 1. The summed E-state index contributed by atoms with van der Waals surface area (Å²) in [4.78, 5) is 0. The molecule has 0 unspecified atom stereocenters. The molecular weight excluding hydrogens is 144 g/mol. The molecule has 0 spiro atoms. The Labute approximate surface area is 74.9 Å². The van der Waals surface area contributed by atoms with Crippen molar-refractivity contribution >= 4 is 6.08 Å². The summed E-state index contributed by atoms with van der Waals surface area (Å²) in [6, 6.07) is 6.55. The predicted octanol–water partition coefficient (Wildman–Crippen LogP) is 3.73. The maximum atomic E-state index is 2.22. The Morgan fingerprint density at radius 2 is 2.00 bits per heavy atom. The van der Waals surface area contributed by atoms with Gasteiger partial charge in [0.15, 0.2) is 0 Å². The largest absolute Gasteiger partial charge is 0.0842 e. The highest BCUT2D eigenvalue weighted by atomic mass is 14.0. The lowest BCUT2D eigenvalue weighted by molar-refractivity contribution is 1.23. The highest BCUT2D eigenvalue weighted by Gasteiger charge is 1.92. The second-order valence-electron chi connectivity index (χ2n) is 3.17. The summed E-state index contributed by atoms with van der Waals surface area (Å²) >= 11 is 0. The molecule has 1 rings (SSSR count). The van der Waals surface area contributed by atoms with Gasteiger partial charge in [-0.1, -0.05) is 42.8 Å². The van der Waals surface area contributed by atoms with Crippen LogP contribution in [-0.4, -0.2) is 0 Å². The molecule has 0 atom stereocenters. The van der Waals surface area contributed by atoms with Crippen molar-refractivity contribution in [3.05, 3.63) is 41.0 Å². The van der Waals surface area contributed by atoms with E-state index in [2.05, 4.69) is 51.1 Å². The van der Waals surface area contributed by atoms with Crippen LogP contribution in [0.5, 0.6) is 0 Å². The van der Waals surface area contributed by atoms with E-state index >= 15 is 0 Å². The van der Waals surface area contributed by atoms with Crippen molar-refractivity contribution in [2.24, 2.45) is 0 Å². The third-order valence-corrected chi connectivity index (χ3v) is 1.97. The van der Waals surface area contributed by atoms with E-state index in [0.717, 1.165) is 6.42 Å². The lowest BCUT2D eigenvalue weighted by Gasteiger charge is -2.00. The summed E-state index contributed by atoms with van der Waals surface area (Å²) in [5, 5.41) is 0. The molecule has 0 N–H and O–H groups in total. The molecule has 0 amide bonds. The van der Waals surface area contributed by atoms with Crippen LogP contribution >= 0.6 is 0 Å². The van der Waals surface area contributed by atoms with E-state index in [-0.39, 0.29) is 0 Å². The molecule has 0 heteroatoms. The van der Waals surface area contributed by atoms with Gasteiger partial charge in [0.2, 0.25) is 0 Å². The first-order valence-electron chi connectivity index (χ1n) is 4.48. The van der Waals surface area contributed by atoms with Crippen molar-refractivity contribution in [2.75, 3.05) is 0 Å². The molecule has 0 bridgehead atoms. The van der Waals surface area contributed by atoms with Gasteiger partial charge >= 0.3 is 0 Å². The van der Waals surface area contributed by atoms with Crippen LogP contribution in [0.2, 0.25) is 0 Å². The fourth-order valence-electron chi connectivity index (χ4n) is 1.18. The highest BCUT2D eigenvalue weighted by Crippen LogP contribution is 2.12. The van der Waals surface area contributed by atoms with E-state index in [1.54, 1.807) is 0 Å². The normalized spacial score (nSPS) is 10.9. The molecule has 0 saturated heterocycles. The van der Waals surface area contributed by atoms with Crippen LogP contribution in [0.25, 0.3) is 6.08 Å². The van der Waals surface area contributed by atoms with E-state index < -0.39 is 0 Å². The van der Waals surface area contributed by atoms with E-state index in [9.17, 15) is 0 Å². The lowest BCUT2D eigenvalue weighted by atomic mass is 10.1. The lowest BCUT2D eigenvalue weighted by Crippen LogP contribution is -1.81. The minimum absolute atomic E-state index is 1.10. The quantitative estimate of drug-likeness (QED) is 0.618. The van der Waals surface area contributed by atoms with Crippen molar-refractivity contribution in [3.8, 4) is 0 Å². The minimum atomic E-state index is 1.10. The average Bonchev–Trinajstić information content (AvgIpc) is 2.07. The van der Waals surface area contributed by atoms with Crippen molar-refractivity contribution < 1.29 is 0 Å². The van der Waals surface area contributed by atoms with Crippen LogP contribution in [0.3, 0.4) is 0 Å². The van der Waals surface area contributed by atoms with Crippen molar-refractivity contribution in [1.82, 2.24) is 0 Å². The first kappa shape index (κ1) is 9.05. The number of rotatable bonds is 2. The van der Waals surface area contributed by atoms with Crippen LogP contribution in [0.4, 0.5) is 0 Å². The molecule has 0 radical (unpaired) electrons. The van der Waals surface area contributed by atoms with E-state index in [4.69, 9.17) is 0 Å². The smallest absolute Gasteiger partial charge is 0.0228 e. The number of hydrogen-bond acceptors (Lipinski definition) is 0. The molecule has 12 heavy (non-hydrogen) atoms. The summed E-state index contributed by atoms with van der Waals surface area (Å²) in [6.45, 7) is 6.43. The third kappa shape index (κ3) is 2.23. The summed E-state index contributed by atoms with van der Waals surface area (Å²) in [5.74, 6) is 0. The van der Waals surface area contributed by atoms with Gasteiger partial charge in [-0.25, -0.2) is 0 Å². The Kier molecular flexibility index (Phi) is 3.09. The zero-order valence-electron chi connectivity index (χ0n) is 8.09. The Morgan fingerprint density at radius 1 is 1.25 bits per heavy atom. The Morgan fingerprint density at radius 3 is 2.67 bits per heavy atom. The Hall–Kier alpha value is -1.04. The summed E-state index contributed by atoms with van der Waals surface area (Å²) in [5.41, 5.74) is 4.03. The van der Waals surface area contributed by atoms with Gasteiger partial charge in [-0.2, -0.15) is 0 Å². The van der Waals surface area contributed by atoms with Gasteiger partial charge in [0.05, 0.1) is 0 Å². The van der Waals surface area contributed by atoms with Gasteiger partial charge in [0.1, 0.15) is 0 Å². The minimum Gasteiger partial charge on any atom is -0.0842 e. The monoisotopic (exact) mass is 160 g/mol. The Balaban J connectivity index is 2.97. The SMILES string of the molecule is CC/C=C\c1cc(C)ccc1C. The molecule has 0 aliphatic carbocycles. The number of hydrogen-bond donors (Lipinski definition) is 0. The van der Waals surface area contributed by atoms with Gasteiger partial charge in [-0.15, -0.1) is 0 Å². The maximum absolute atomic E-state index is 2.22. The summed E-state index contributed by atoms with van der Waals surface area (Å²) in [6.07, 6.45) is 5.50. The fourth-order valence-corrected chi connectivity index (χ4v) is 1.18. The van der Waals surface area contributed by atoms with Crippen LogP contribution < -0.4 is 0 Å². The van der Waals surface area contributed by atoms with Crippen molar-refractivity contribution in [1.29, 1.82) is 0 Å². The molecule has 0 fully saturated rings. The van der Waals surface area contributed by atoms with Crippen LogP contribution in [0, 0.1) is 13.8 Å². The molecule has 0 saturated carbocycles. The van der Waals surface area contributed by atoms with Crippen molar-refractivity contribution in [2.45, 2.75) is 27.2 Å². The van der Waals surface area contributed by atoms with Gasteiger partial charge in [0.25, 0.3) is 0 Å². The topological polar surface area (TPSA) is 0 Å². The van der Waals surface area contributed by atoms with Gasteiger partial charge in [-0.3, -0.25) is 0 Å². The van der Waals surface area contributed by atoms with E-state index in [0.29, 0.717) is 0 Å². The highest BCUT2D eigenvalue weighted by molar-refractivity contribution is 5.54. The molecule has 0 aliphatic rings. The summed E-state index contributed by atoms with van der Waals surface area (Å²) in [7, 11) is 0. The zero-order valence-corrected chi connectivity index (χ0v) is 8.09. The maximum Gasteiger partial charge on any atom is -0.0228 e. The predicted molar refractivity (Wildman–Crippen MR) is 55.2 cm³/mol. The first-order valence-corrected chi connectivity index (χ1v) is 4.48. The first-order chi connectivity index (χ1) is 5.74. The molecular formula is C12H16. The molecule has 1 aromatic carbocycles. The van der Waals surface area contributed by atoms with Crippen molar-refractivity contribution in [3.63, 3.8) is 0 Å². The van der Waals surface area contributed by atoms with E-state index in [1.165, 1.54) is 16.7 Å². The van der Waals surface area contributed by atoms with Crippen LogP contribution in [-0.2, 0) is 0 Å². The van der Waals surface area contributed by atoms with Gasteiger partial charge in [0, 0.05) is 0 Å². The second-order valence-corrected chi connectivity index (χ2v) is 3.17. The van der Waals surface area contributed by atoms with Gasteiger partial charge in [-0.05, 0) is 31.4 Å². The van der Waals surface area contributed by atoms with Crippen LogP contribution in [0.15, 0.2) is 24.3 Å². The third-order valence-electron chi connectivity index (χ3n) is 1.97. The zero-order chi connectivity index (χ0) is 8.97. The number of benzene rings is 1. The molecule has 0 aromatic heterocycles. The second kappa shape index (κ2) is 4.10. The summed E-state index contributed by atoms with van der Waals surface area (Å²) < 4.78 is 0. The fraction of sp³-hybridized carbons (Fsp3) is 0.333. The molecule has 1 aromatic rings. The number of aryl methyl sites for hydroxylation is 2. The van der Waals surface area contributed by atoms with Crippen LogP contribution in [0.1, 0.15) is 30.0 Å². The molecule has 0 heterocycles. The molecule has 0 aliphatic heterocycles. The van der Waals surface area contributed by atoms with E-state index in [1.807, 2.05) is 0 Å². The molecule has 64 valence electrons. The Bertz CT molecular complexity index is 282.